The highest BCUT2D eigenvalue weighted by Crippen LogP contribution is 2.59. The van der Waals surface area contributed by atoms with E-state index in [0.29, 0.717) is 5.41 Å². The number of nitrogens with zero attached hydrogens (tertiary/aromatic N) is 3. The molecule has 17 heavy (non-hydrogen) atoms. The van der Waals surface area contributed by atoms with Gasteiger partial charge in [-0.05, 0) is 55.3 Å². The van der Waals surface area contributed by atoms with Crippen molar-refractivity contribution in [3.8, 4) is 0 Å². The average molecular weight is 234 g/mol. The number of hydrogen-bond donors (Lipinski definition) is 1. The molecule has 1 atom stereocenters. The Morgan fingerprint density at radius 3 is 2.76 bits per heavy atom. The maximum absolute atomic E-state index is 4.05. The number of tetrazole rings is 1. The summed E-state index contributed by atoms with van der Waals surface area (Å²) in [5.74, 6) is 3.54. The Morgan fingerprint density at radius 1 is 1.35 bits per heavy atom. The van der Waals surface area contributed by atoms with E-state index in [1.165, 1.54) is 32.1 Å². The summed E-state index contributed by atoms with van der Waals surface area (Å²) >= 11 is 0. The first-order valence-corrected chi connectivity index (χ1v) is 6.89. The van der Waals surface area contributed by atoms with Gasteiger partial charge in [-0.2, -0.15) is 5.21 Å². The molecule has 4 nitrogen and oxygen atoms in total. The van der Waals surface area contributed by atoms with Crippen molar-refractivity contribution in [3.05, 3.63) is 5.82 Å². The van der Waals surface area contributed by atoms with Gasteiger partial charge in [0.25, 0.3) is 0 Å². The van der Waals surface area contributed by atoms with E-state index in [4.69, 9.17) is 0 Å². The predicted molar refractivity (Wildman–Crippen MR) is 65.2 cm³/mol. The number of aromatic nitrogens is 4. The molecule has 1 unspecified atom stereocenters. The van der Waals surface area contributed by atoms with Gasteiger partial charge in [0.15, 0.2) is 5.82 Å². The Morgan fingerprint density at radius 2 is 2.18 bits per heavy atom. The molecule has 0 aliphatic heterocycles. The fraction of sp³-hybridized carbons (Fsp3) is 0.923. The van der Waals surface area contributed by atoms with Crippen molar-refractivity contribution < 1.29 is 0 Å². The van der Waals surface area contributed by atoms with Gasteiger partial charge in [-0.15, -0.1) is 10.2 Å². The van der Waals surface area contributed by atoms with Crippen LogP contribution >= 0.6 is 0 Å². The molecule has 2 saturated carbocycles. The minimum absolute atomic E-state index is 0.698. The minimum Gasteiger partial charge on any atom is -0.177 e. The topological polar surface area (TPSA) is 54.5 Å². The van der Waals surface area contributed by atoms with Crippen molar-refractivity contribution in [2.24, 2.45) is 23.2 Å². The van der Waals surface area contributed by atoms with Crippen LogP contribution in [0.5, 0.6) is 0 Å². The zero-order chi connectivity index (χ0) is 11.9. The molecule has 2 aliphatic carbocycles. The van der Waals surface area contributed by atoms with Gasteiger partial charge >= 0.3 is 0 Å². The van der Waals surface area contributed by atoms with Crippen LogP contribution in [0.1, 0.15) is 51.8 Å². The fourth-order valence-corrected chi connectivity index (χ4v) is 4.03. The van der Waals surface area contributed by atoms with Gasteiger partial charge in [-0.1, -0.05) is 19.1 Å². The van der Waals surface area contributed by atoms with E-state index in [1.54, 1.807) is 0 Å². The molecule has 1 spiro atoms. The molecule has 1 aromatic heterocycles. The standard InChI is InChI=1S/C13H22N4/c1-9(2)11-3-4-13(8-11)6-10(7-13)5-12-14-16-17-15-12/h9-11H,3-8H2,1-2H3,(H,14,15,16,17). The predicted octanol–water partition coefficient (Wildman–Crippen LogP) is 2.59. The highest BCUT2D eigenvalue weighted by Gasteiger charge is 2.49. The van der Waals surface area contributed by atoms with Crippen LogP contribution in [0.2, 0.25) is 0 Å². The van der Waals surface area contributed by atoms with Gasteiger partial charge in [0, 0.05) is 6.42 Å². The van der Waals surface area contributed by atoms with Gasteiger partial charge in [-0.3, -0.25) is 0 Å². The van der Waals surface area contributed by atoms with E-state index in [9.17, 15) is 0 Å². The summed E-state index contributed by atoms with van der Waals surface area (Å²) in [7, 11) is 0. The van der Waals surface area contributed by atoms with Crippen LogP contribution in [0.25, 0.3) is 0 Å². The summed E-state index contributed by atoms with van der Waals surface area (Å²) in [5.41, 5.74) is 0.698. The lowest BCUT2D eigenvalue weighted by atomic mass is 9.59. The highest BCUT2D eigenvalue weighted by molar-refractivity contribution is 5.01. The van der Waals surface area contributed by atoms with Crippen LogP contribution in [0.4, 0.5) is 0 Å². The van der Waals surface area contributed by atoms with Crippen molar-refractivity contribution in [1.29, 1.82) is 0 Å². The van der Waals surface area contributed by atoms with Gasteiger partial charge < -0.3 is 0 Å². The number of hydrogen-bond acceptors (Lipinski definition) is 3. The first-order chi connectivity index (χ1) is 8.17. The molecule has 3 rings (SSSR count). The monoisotopic (exact) mass is 234 g/mol. The molecule has 2 aliphatic rings. The first-order valence-electron chi connectivity index (χ1n) is 6.89. The molecular weight excluding hydrogens is 212 g/mol. The maximum atomic E-state index is 4.05. The van der Waals surface area contributed by atoms with Crippen LogP contribution in [-0.2, 0) is 6.42 Å². The summed E-state index contributed by atoms with van der Waals surface area (Å²) in [6.07, 6.45) is 8.18. The molecule has 4 heteroatoms. The normalized spacial score (nSPS) is 36.6. The molecule has 1 heterocycles. The largest absolute Gasteiger partial charge is 0.177 e. The van der Waals surface area contributed by atoms with Crippen LogP contribution in [0, 0.1) is 23.2 Å². The lowest BCUT2D eigenvalue weighted by molar-refractivity contribution is 0.0539. The van der Waals surface area contributed by atoms with Gasteiger partial charge in [0.2, 0.25) is 0 Å². The molecule has 0 saturated heterocycles. The lowest BCUT2D eigenvalue weighted by Gasteiger charge is -2.45. The van der Waals surface area contributed by atoms with E-state index in [0.717, 1.165) is 30.0 Å². The van der Waals surface area contributed by atoms with Crippen molar-refractivity contribution in [1.82, 2.24) is 20.6 Å². The molecule has 2 fully saturated rings. The molecule has 0 aromatic carbocycles. The third-order valence-corrected chi connectivity index (χ3v) is 4.99. The Bertz CT molecular complexity index is 365. The third kappa shape index (κ3) is 2.09. The minimum atomic E-state index is 0.698. The number of rotatable bonds is 3. The van der Waals surface area contributed by atoms with Crippen LogP contribution in [0.3, 0.4) is 0 Å². The Balaban J connectivity index is 1.51. The lowest BCUT2D eigenvalue weighted by Crippen LogP contribution is -2.36. The van der Waals surface area contributed by atoms with E-state index < -0.39 is 0 Å². The van der Waals surface area contributed by atoms with Crippen molar-refractivity contribution in [3.63, 3.8) is 0 Å². The van der Waals surface area contributed by atoms with Crippen molar-refractivity contribution >= 4 is 0 Å². The average Bonchev–Trinajstić information content (AvgIpc) is 2.85. The second-order valence-corrected chi connectivity index (χ2v) is 6.55. The third-order valence-electron chi connectivity index (χ3n) is 4.99. The highest BCUT2D eigenvalue weighted by atomic mass is 15.5. The second kappa shape index (κ2) is 4.07. The maximum Gasteiger partial charge on any atom is 0.174 e. The van der Waals surface area contributed by atoms with Crippen LogP contribution in [0.15, 0.2) is 0 Å². The molecule has 0 amide bonds. The molecule has 0 radical (unpaired) electrons. The molecule has 0 bridgehead atoms. The Labute approximate surface area is 103 Å². The number of H-pyrrole nitrogens is 1. The summed E-state index contributed by atoms with van der Waals surface area (Å²) in [6, 6.07) is 0. The zero-order valence-corrected chi connectivity index (χ0v) is 10.8. The van der Waals surface area contributed by atoms with Crippen molar-refractivity contribution in [2.45, 2.75) is 52.4 Å². The van der Waals surface area contributed by atoms with Crippen LogP contribution < -0.4 is 0 Å². The van der Waals surface area contributed by atoms with E-state index >= 15 is 0 Å². The molecule has 1 N–H and O–H groups in total. The summed E-state index contributed by atoms with van der Waals surface area (Å²) < 4.78 is 0. The number of aromatic amines is 1. The van der Waals surface area contributed by atoms with Gasteiger partial charge in [0.05, 0.1) is 0 Å². The molecular formula is C13H22N4. The summed E-state index contributed by atoms with van der Waals surface area (Å²) in [4.78, 5) is 0. The van der Waals surface area contributed by atoms with E-state index in [2.05, 4.69) is 34.5 Å². The van der Waals surface area contributed by atoms with E-state index in [1.807, 2.05) is 0 Å². The smallest absolute Gasteiger partial charge is 0.174 e. The zero-order valence-electron chi connectivity index (χ0n) is 10.8. The second-order valence-electron chi connectivity index (χ2n) is 6.55. The summed E-state index contributed by atoms with van der Waals surface area (Å²) in [6.45, 7) is 4.75. The Kier molecular flexibility index (Phi) is 2.68. The first kappa shape index (κ1) is 11.2. The molecule has 1 aromatic rings. The van der Waals surface area contributed by atoms with Crippen LogP contribution in [-0.4, -0.2) is 20.6 Å². The quantitative estimate of drug-likeness (QED) is 0.874. The number of nitrogens with one attached hydrogen (secondary N) is 1. The van der Waals surface area contributed by atoms with Gasteiger partial charge in [0.1, 0.15) is 0 Å². The molecule has 94 valence electrons. The summed E-state index contributed by atoms with van der Waals surface area (Å²) in [5, 5.41) is 14.3. The Hall–Kier alpha value is -0.930. The van der Waals surface area contributed by atoms with Gasteiger partial charge in [-0.25, -0.2) is 0 Å². The van der Waals surface area contributed by atoms with E-state index in [-0.39, 0.29) is 0 Å². The SMILES string of the molecule is CC(C)C1CCC2(CC(Cc3nn[nH]n3)C2)C1. The van der Waals surface area contributed by atoms with Crippen molar-refractivity contribution in [2.75, 3.05) is 0 Å². The fourth-order valence-electron chi connectivity index (χ4n) is 4.03.